The summed E-state index contributed by atoms with van der Waals surface area (Å²) in [7, 11) is 0. The highest BCUT2D eigenvalue weighted by Gasteiger charge is 2.33. The number of nitrogens with two attached hydrogens (primary N) is 1. The normalized spacial score (nSPS) is 39.8. The van der Waals surface area contributed by atoms with Gasteiger partial charge in [0.25, 0.3) is 0 Å². The van der Waals surface area contributed by atoms with Gasteiger partial charge in [0, 0.05) is 24.0 Å². The lowest BCUT2D eigenvalue weighted by Crippen LogP contribution is -2.51. The Bertz CT molecular complexity index is 486. The first kappa shape index (κ1) is 14.8. The molecule has 0 radical (unpaired) electrons. The van der Waals surface area contributed by atoms with E-state index in [0.29, 0.717) is 23.9 Å². The van der Waals surface area contributed by atoms with Crippen LogP contribution in [0, 0.1) is 17.8 Å². The molecule has 6 atom stereocenters. The average molecular weight is 284 g/mol. The second-order valence-corrected chi connectivity index (χ2v) is 6.96. The molecule has 3 aliphatic rings. The lowest BCUT2D eigenvalue weighted by atomic mass is 9.76. The Kier molecular flexibility index (Phi) is 4.46. The highest BCUT2D eigenvalue weighted by Crippen LogP contribution is 2.32. The Labute approximate surface area is 128 Å². The van der Waals surface area contributed by atoms with Crippen molar-refractivity contribution in [1.82, 2.24) is 5.32 Å². The van der Waals surface area contributed by atoms with Crippen LogP contribution in [-0.2, 0) is 0 Å². The van der Waals surface area contributed by atoms with Crippen molar-refractivity contribution in [3.8, 4) is 0 Å². The van der Waals surface area contributed by atoms with Crippen LogP contribution in [0.2, 0.25) is 0 Å². The van der Waals surface area contributed by atoms with Crippen LogP contribution in [-0.4, -0.2) is 18.1 Å². The lowest BCUT2D eigenvalue weighted by Gasteiger charge is -2.39. The number of nitrogens with one attached hydrogen (secondary N) is 1. The van der Waals surface area contributed by atoms with Crippen molar-refractivity contribution >= 4 is 0 Å². The molecule has 2 heteroatoms. The summed E-state index contributed by atoms with van der Waals surface area (Å²) in [4.78, 5) is 0. The van der Waals surface area contributed by atoms with Crippen LogP contribution in [0.15, 0.2) is 48.1 Å². The molecule has 3 aliphatic carbocycles. The van der Waals surface area contributed by atoms with Crippen molar-refractivity contribution in [2.75, 3.05) is 0 Å². The van der Waals surface area contributed by atoms with Gasteiger partial charge in [0.2, 0.25) is 0 Å². The van der Waals surface area contributed by atoms with Crippen LogP contribution in [0.5, 0.6) is 0 Å². The minimum atomic E-state index is 0.140. The molecule has 0 amide bonds. The van der Waals surface area contributed by atoms with Gasteiger partial charge in [-0.15, -0.1) is 0 Å². The molecule has 2 nitrogen and oxygen atoms in total. The van der Waals surface area contributed by atoms with Crippen molar-refractivity contribution in [3.05, 3.63) is 48.1 Å². The maximum absolute atomic E-state index is 6.34. The fraction of sp³-hybridized carbons (Fsp3) is 0.579. The standard InChI is InChI=1S/C19H28N2/c1-13-9-11-15(12-10-13)14(2)21-18-8-4-6-16-5-3-7-17(20)19(16)18/h3-7,9,11,13-15,17-19,21H,8,10,12,20H2,1-2H3. The van der Waals surface area contributed by atoms with Gasteiger partial charge in [-0.3, -0.25) is 0 Å². The van der Waals surface area contributed by atoms with Gasteiger partial charge < -0.3 is 11.1 Å². The topological polar surface area (TPSA) is 38.0 Å². The van der Waals surface area contributed by atoms with E-state index in [2.05, 4.69) is 61.7 Å². The van der Waals surface area contributed by atoms with Crippen LogP contribution in [0.3, 0.4) is 0 Å². The number of rotatable bonds is 3. The van der Waals surface area contributed by atoms with Gasteiger partial charge in [0.1, 0.15) is 0 Å². The first-order chi connectivity index (χ1) is 10.1. The number of hydrogen-bond donors (Lipinski definition) is 2. The zero-order valence-electron chi connectivity index (χ0n) is 13.2. The van der Waals surface area contributed by atoms with Crippen LogP contribution in [0.1, 0.15) is 33.1 Å². The third kappa shape index (κ3) is 3.22. The molecule has 0 saturated heterocycles. The summed E-state index contributed by atoms with van der Waals surface area (Å²) in [5.74, 6) is 1.83. The van der Waals surface area contributed by atoms with Crippen molar-refractivity contribution in [2.24, 2.45) is 23.5 Å². The predicted molar refractivity (Wildman–Crippen MR) is 89.9 cm³/mol. The smallest absolute Gasteiger partial charge is 0.0311 e. The Hall–Kier alpha value is -1.12. The Morgan fingerprint density at radius 3 is 2.86 bits per heavy atom. The van der Waals surface area contributed by atoms with Crippen LogP contribution in [0.4, 0.5) is 0 Å². The first-order valence-electron chi connectivity index (χ1n) is 8.40. The van der Waals surface area contributed by atoms with Gasteiger partial charge in [-0.25, -0.2) is 0 Å². The molecular weight excluding hydrogens is 256 g/mol. The minimum Gasteiger partial charge on any atom is -0.324 e. The third-order valence-corrected chi connectivity index (χ3v) is 5.32. The molecule has 3 rings (SSSR count). The maximum Gasteiger partial charge on any atom is 0.0311 e. The molecule has 0 aromatic carbocycles. The fourth-order valence-corrected chi connectivity index (χ4v) is 3.94. The van der Waals surface area contributed by atoms with Gasteiger partial charge >= 0.3 is 0 Å². The average Bonchev–Trinajstić information content (AvgIpc) is 2.48. The van der Waals surface area contributed by atoms with Crippen LogP contribution >= 0.6 is 0 Å². The third-order valence-electron chi connectivity index (χ3n) is 5.32. The summed E-state index contributed by atoms with van der Waals surface area (Å²) in [6.45, 7) is 4.64. The van der Waals surface area contributed by atoms with E-state index < -0.39 is 0 Å². The van der Waals surface area contributed by atoms with Crippen molar-refractivity contribution in [2.45, 2.75) is 51.2 Å². The van der Waals surface area contributed by atoms with E-state index in [1.165, 1.54) is 18.4 Å². The number of allylic oxidation sites excluding steroid dienone is 4. The van der Waals surface area contributed by atoms with Gasteiger partial charge in [-0.05, 0) is 43.6 Å². The summed E-state index contributed by atoms with van der Waals surface area (Å²) in [6.07, 6.45) is 19.5. The van der Waals surface area contributed by atoms with E-state index in [0.717, 1.165) is 12.3 Å². The summed E-state index contributed by atoms with van der Waals surface area (Å²) in [5.41, 5.74) is 7.72. The summed E-state index contributed by atoms with van der Waals surface area (Å²) in [6, 6.07) is 1.12. The molecule has 0 spiro atoms. The zero-order valence-corrected chi connectivity index (χ0v) is 13.2. The van der Waals surface area contributed by atoms with Gasteiger partial charge in [0.05, 0.1) is 0 Å². The molecule has 0 aromatic heterocycles. The van der Waals surface area contributed by atoms with E-state index in [-0.39, 0.29) is 6.04 Å². The highest BCUT2D eigenvalue weighted by atomic mass is 15.0. The van der Waals surface area contributed by atoms with Gasteiger partial charge in [-0.1, -0.05) is 49.5 Å². The Balaban J connectivity index is 1.67. The summed E-state index contributed by atoms with van der Waals surface area (Å²) in [5, 5.41) is 3.88. The first-order valence-corrected chi connectivity index (χ1v) is 8.40. The van der Waals surface area contributed by atoms with E-state index in [4.69, 9.17) is 5.73 Å². The Morgan fingerprint density at radius 1 is 1.24 bits per heavy atom. The van der Waals surface area contributed by atoms with Crippen molar-refractivity contribution in [3.63, 3.8) is 0 Å². The molecule has 3 N–H and O–H groups in total. The van der Waals surface area contributed by atoms with E-state index in [1.54, 1.807) is 0 Å². The summed E-state index contributed by atoms with van der Waals surface area (Å²) >= 11 is 0. The molecule has 6 unspecified atom stereocenters. The summed E-state index contributed by atoms with van der Waals surface area (Å²) < 4.78 is 0. The van der Waals surface area contributed by atoms with Crippen molar-refractivity contribution < 1.29 is 0 Å². The SMILES string of the molecule is CC1C=CC(C(C)NC2CC=CC3=CC=CC(N)C32)CC1. The molecule has 0 bridgehead atoms. The predicted octanol–water partition coefficient (Wildman–Crippen LogP) is 3.34. The quantitative estimate of drug-likeness (QED) is 0.780. The van der Waals surface area contributed by atoms with E-state index in [9.17, 15) is 0 Å². The second kappa shape index (κ2) is 6.33. The molecule has 0 heterocycles. The van der Waals surface area contributed by atoms with E-state index in [1.807, 2.05) is 0 Å². The monoisotopic (exact) mass is 284 g/mol. The largest absolute Gasteiger partial charge is 0.324 e. The van der Waals surface area contributed by atoms with Gasteiger partial charge in [-0.2, -0.15) is 0 Å². The van der Waals surface area contributed by atoms with Crippen LogP contribution in [0.25, 0.3) is 0 Å². The molecule has 0 aromatic rings. The molecule has 21 heavy (non-hydrogen) atoms. The maximum atomic E-state index is 6.34. The van der Waals surface area contributed by atoms with E-state index >= 15 is 0 Å². The zero-order chi connectivity index (χ0) is 14.8. The van der Waals surface area contributed by atoms with Crippen molar-refractivity contribution in [1.29, 1.82) is 0 Å². The molecule has 0 saturated carbocycles. The number of fused-ring (bicyclic) bond motifs is 1. The molecule has 0 aliphatic heterocycles. The fourth-order valence-electron chi connectivity index (χ4n) is 3.94. The molecule has 114 valence electrons. The van der Waals surface area contributed by atoms with Gasteiger partial charge in [0.15, 0.2) is 0 Å². The Morgan fingerprint density at radius 2 is 2.10 bits per heavy atom. The molecular formula is C19H28N2. The second-order valence-electron chi connectivity index (χ2n) is 6.96. The highest BCUT2D eigenvalue weighted by molar-refractivity contribution is 5.37. The minimum absolute atomic E-state index is 0.140. The van der Waals surface area contributed by atoms with Crippen LogP contribution < -0.4 is 11.1 Å². The lowest BCUT2D eigenvalue weighted by molar-refractivity contribution is 0.288. The molecule has 0 fully saturated rings. The number of hydrogen-bond acceptors (Lipinski definition) is 2.